The smallest absolute Gasteiger partial charge is 0.410 e. The van der Waals surface area contributed by atoms with E-state index >= 15 is 0 Å². The molecule has 2 saturated carbocycles. The molecule has 3 saturated heterocycles. The van der Waals surface area contributed by atoms with Crippen LogP contribution in [0.3, 0.4) is 0 Å². The maximum atomic E-state index is 12.8. The van der Waals surface area contributed by atoms with Gasteiger partial charge in [0, 0.05) is 48.7 Å². The number of piperidine rings is 1. The summed E-state index contributed by atoms with van der Waals surface area (Å²) in [6.07, 6.45) is 10.8. The molecule has 0 aromatic heterocycles. The van der Waals surface area contributed by atoms with Crippen molar-refractivity contribution >= 4 is 12.1 Å². The highest BCUT2D eigenvalue weighted by molar-refractivity contribution is 5.81. The second-order valence-electron chi connectivity index (χ2n) is 11.7. The number of rotatable bonds is 3. The van der Waals surface area contributed by atoms with Crippen molar-refractivity contribution in [2.45, 2.75) is 121 Å². The second kappa shape index (κ2) is 8.37. The van der Waals surface area contributed by atoms with Crippen LogP contribution in [0.25, 0.3) is 0 Å². The van der Waals surface area contributed by atoms with E-state index in [9.17, 15) is 4.79 Å². The van der Waals surface area contributed by atoms with Crippen LogP contribution >= 0.6 is 0 Å². The lowest BCUT2D eigenvalue weighted by Gasteiger charge is -2.57. The van der Waals surface area contributed by atoms with Gasteiger partial charge in [-0.1, -0.05) is 12.8 Å². The topological polar surface area (TPSA) is 75.2 Å². The highest BCUT2D eigenvalue weighted by Crippen LogP contribution is 2.60. The standard InChI is InChI=1S/C25H42N4O3/c1-5-26-22(28-20-19-10-13-31-21(19)25(20)11-6-7-12-25)27-16-14-17-8-9-18(15-16)29(17)23(30)32-24(2,3)4/h16-21H,5-15H2,1-4H3,(H2,26,27,28). The first-order valence-corrected chi connectivity index (χ1v) is 13.0. The first-order valence-electron chi connectivity index (χ1n) is 13.0. The molecule has 3 aliphatic heterocycles. The van der Waals surface area contributed by atoms with Crippen LogP contribution in [-0.2, 0) is 9.47 Å². The van der Waals surface area contributed by atoms with E-state index < -0.39 is 5.60 Å². The molecule has 1 spiro atoms. The molecule has 3 heterocycles. The average Bonchev–Trinajstić information content (AvgIpc) is 3.42. The molecule has 2 aliphatic carbocycles. The van der Waals surface area contributed by atoms with E-state index in [0.717, 1.165) is 44.8 Å². The number of nitrogens with one attached hydrogen (secondary N) is 2. The van der Waals surface area contributed by atoms with Crippen LogP contribution in [0.5, 0.6) is 0 Å². The largest absolute Gasteiger partial charge is 0.444 e. The summed E-state index contributed by atoms with van der Waals surface area (Å²) in [5.41, 5.74) is -0.131. The SMILES string of the molecule is CCN=C(NC1CC2CCC(C1)N2C(=O)OC(C)(C)C)NC1C2CCOC2C12CCCC2. The Hall–Kier alpha value is -1.50. The summed E-state index contributed by atoms with van der Waals surface area (Å²) in [5.74, 6) is 1.59. The highest BCUT2D eigenvalue weighted by Gasteiger charge is 2.65. The molecule has 0 aromatic carbocycles. The van der Waals surface area contributed by atoms with Crippen molar-refractivity contribution in [2.24, 2.45) is 16.3 Å². The maximum Gasteiger partial charge on any atom is 0.410 e. The van der Waals surface area contributed by atoms with Crippen LogP contribution < -0.4 is 10.6 Å². The minimum atomic E-state index is -0.447. The summed E-state index contributed by atoms with van der Waals surface area (Å²) in [6.45, 7) is 9.61. The summed E-state index contributed by atoms with van der Waals surface area (Å²) in [7, 11) is 0. The van der Waals surface area contributed by atoms with Crippen LogP contribution in [0.15, 0.2) is 4.99 Å². The van der Waals surface area contributed by atoms with Crippen LogP contribution in [0.1, 0.15) is 85.5 Å². The van der Waals surface area contributed by atoms with Crippen molar-refractivity contribution in [3.05, 3.63) is 0 Å². The molecule has 5 fully saturated rings. The molecule has 0 aromatic rings. The quantitative estimate of drug-likeness (QED) is 0.509. The van der Waals surface area contributed by atoms with Gasteiger partial charge in [0.1, 0.15) is 5.60 Å². The summed E-state index contributed by atoms with van der Waals surface area (Å²) in [4.78, 5) is 19.6. The van der Waals surface area contributed by atoms with Gasteiger partial charge < -0.3 is 25.0 Å². The Bertz CT molecular complexity index is 728. The van der Waals surface area contributed by atoms with Gasteiger partial charge in [-0.15, -0.1) is 0 Å². The number of carbonyl (C=O) groups is 1. The highest BCUT2D eigenvalue weighted by atomic mass is 16.6. The average molecular weight is 447 g/mol. The minimum absolute atomic E-state index is 0.144. The van der Waals surface area contributed by atoms with Gasteiger partial charge in [0.25, 0.3) is 0 Å². The van der Waals surface area contributed by atoms with Gasteiger partial charge in [0.2, 0.25) is 0 Å². The number of aliphatic imine (C=N–C) groups is 1. The molecule has 2 bridgehead atoms. The van der Waals surface area contributed by atoms with Crippen LogP contribution in [0, 0.1) is 11.3 Å². The monoisotopic (exact) mass is 446 g/mol. The van der Waals surface area contributed by atoms with E-state index in [4.69, 9.17) is 14.5 Å². The number of fused-ring (bicyclic) bond motifs is 4. The zero-order valence-corrected chi connectivity index (χ0v) is 20.4. The number of nitrogens with zero attached hydrogens (tertiary/aromatic N) is 2. The van der Waals surface area contributed by atoms with Gasteiger partial charge in [-0.3, -0.25) is 4.99 Å². The number of hydrogen-bond acceptors (Lipinski definition) is 4. The third-order valence-electron chi connectivity index (χ3n) is 8.57. The van der Waals surface area contributed by atoms with Gasteiger partial charge in [0.05, 0.1) is 6.10 Å². The van der Waals surface area contributed by atoms with Crippen LogP contribution in [-0.4, -0.2) is 66.0 Å². The number of amides is 1. The van der Waals surface area contributed by atoms with E-state index in [-0.39, 0.29) is 18.2 Å². The molecular weight excluding hydrogens is 404 g/mol. The molecule has 5 unspecified atom stereocenters. The third kappa shape index (κ3) is 3.88. The van der Waals surface area contributed by atoms with Gasteiger partial charge in [-0.05, 0) is 72.6 Å². The summed E-state index contributed by atoms with van der Waals surface area (Å²) in [5, 5.41) is 7.64. The van der Waals surface area contributed by atoms with E-state index in [0.29, 0.717) is 29.5 Å². The summed E-state index contributed by atoms with van der Waals surface area (Å²) >= 11 is 0. The number of hydrogen-bond donors (Lipinski definition) is 2. The van der Waals surface area contributed by atoms with Crippen molar-refractivity contribution in [1.29, 1.82) is 0 Å². The van der Waals surface area contributed by atoms with E-state index in [2.05, 4.69) is 17.6 Å². The first kappa shape index (κ1) is 22.3. The summed E-state index contributed by atoms with van der Waals surface area (Å²) in [6, 6.07) is 1.36. The van der Waals surface area contributed by atoms with Crippen molar-refractivity contribution in [3.63, 3.8) is 0 Å². The third-order valence-corrected chi connectivity index (χ3v) is 8.57. The molecule has 5 atom stereocenters. The van der Waals surface area contributed by atoms with Crippen molar-refractivity contribution in [1.82, 2.24) is 15.5 Å². The fourth-order valence-corrected chi connectivity index (χ4v) is 7.44. The Labute approximate surface area is 193 Å². The predicted octanol–water partition coefficient (Wildman–Crippen LogP) is 3.82. The number of carbonyl (C=O) groups excluding carboxylic acids is 1. The van der Waals surface area contributed by atoms with E-state index in [1.165, 1.54) is 32.1 Å². The van der Waals surface area contributed by atoms with Crippen molar-refractivity contribution < 1.29 is 14.3 Å². The van der Waals surface area contributed by atoms with Gasteiger partial charge in [-0.2, -0.15) is 0 Å². The molecule has 180 valence electrons. The van der Waals surface area contributed by atoms with E-state index in [1.54, 1.807) is 0 Å². The summed E-state index contributed by atoms with van der Waals surface area (Å²) < 4.78 is 11.9. The predicted molar refractivity (Wildman–Crippen MR) is 125 cm³/mol. The normalized spacial score (nSPS) is 37.9. The Morgan fingerprint density at radius 2 is 1.81 bits per heavy atom. The molecule has 2 N–H and O–H groups in total. The zero-order valence-electron chi connectivity index (χ0n) is 20.4. The van der Waals surface area contributed by atoms with Crippen LogP contribution in [0.2, 0.25) is 0 Å². The van der Waals surface area contributed by atoms with Crippen molar-refractivity contribution in [2.75, 3.05) is 13.2 Å². The number of guanidine groups is 1. The number of ether oxygens (including phenoxy) is 2. The Morgan fingerprint density at radius 1 is 1.12 bits per heavy atom. The molecule has 0 radical (unpaired) electrons. The Kier molecular flexibility index (Phi) is 5.83. The zero-order chi connectivity index (χ0) is 22.5. The van der Waals surface area contributed by atoms with Gasteiger partial charge in [0.15, 0.2) is 5.96 Å². The lowest BCUT2D eigenvalue weighted by atomic mass is 9.54. The molecular formula is C25H42N4O3. The fraction of sp³-hybridized carbons (Fsp3) is 0.920. The Morgan fingerprint density at radius 3 is 2.44 bits per heavy atom. The second-order valence-corrected chi connectivity index (χ2v) is 11.7. The molecule has 5 rings (SSSR count). The maximum absolute atomic E-state index is 12.8. The lowest BCUT2D eigenvalue weighted by Crippen LogP contribution is -2.69. The first-order chi connectivity index (χ1) is 15.3. The fourth-order valence-electron chi connectivity index (χ4n) is 7.44. The van der Waals surface area contributed by atoms with Crippen LogP contribution in [0.4, 0.5) is 4.79 Å². The van der Waals surface area contributed by atoms with Crippen molar-refractivity contribution in [3.8, 4) is 0 Å². The molecule has 7 nitrogen and oxygen atoms in total. The minimum Gasteiger partial charge on any atom is -0.444 e. The lowest BCUT2D eigenvalue weighted by molar-refractivity contribution is -0.125. The Balaban J connectivity index is 1.23. The van der Waals surface area contributed by atoms with Gasteiger partial charge >= 0.3 is 6.09 Å². The molecule has 32 heavy (non-hydrogen) atoms. The molecule has 7 heteroatoms. The molecule has 5 aliphatic rings. The molecule has 1 amide bonds. The van der Waals surface area contributed by atoms with E-state index in [1.807, 2.05) is 25.7 Å². The van der Waals surface area contributed by atoms with Gasteiger partial charge in [-0.25, -0.2) is 4.79 Å².